The van der Waals surface area contributed by atoms with Gasteiger partial charge in [0.05, 0.1) is 9.79 Å². The van der Waals surface area contributed by atoms with Crippen molar-refractivity contribution in [1.29, 1.82) is 0 Å². The highest BCUT2D eigenvalue weighted by molar-refractivity contribution is 8.04. The molecule has 1 nitrogen and oxygen atoms in total. The third kappa shape index (κ3) is 5.69. The van der Waals surface area contributed by atoms with E-state index in [-0.39, 0.29) is 10.9 Å². The Morgan fingerprint density at radius 1 is 0.562 bits per heavy atom. The molecule has 8 heteroatoms. The van der Waals surface area contributed by atoms with E-state index >= 15 is 0 Å². The van der Waals surface area contributed by atoms with Gasteiger partial charge in [0.1, 0.15) is 22.4 Å². The molecule has 0 saturated carbocycles. The van der Waals surface area contributed by atoms with Crippen LogP contribution >= 0.6 is 11.8 Å². The smallest absolute Gasteiger partial charge is 0.457 e. The highest BCUT2D eigenvalue weighted by Crippen LogP contribution is 2.48. The van der Waals surface area contributed by atoms with Crippen molar-refractivity contribution in [3.63, 3.8) is 0 Å². The largest absolute Gasteiger partial charge is 0.673 e. The minimum Gasteiger partial charge on any atom is -0.457 e. The van der Waals surface area contributed by atoms with Gasteiger partial charge in [0.15, 0.2) is 14.7 Å². The molecule has 0 fully saturated rings. The number of ether oxygens (including phenoxy) is 1. The molecule has 32 heavy (non-hydrogen) atoms. The van der Waals surface area contributed by atoms with Crippen LogP contribution in [-0.4, -0.2) is 7.25 Å². The van der Waals surface area contributed by atoms with E-state index in [2.05, 4.69) is 72.8 Å². The molecular weight excluding hydrogens is 455 g/mol. The molecule has 1 heterocycles. The number of rotatable bonds is 3. The van der Waals surface area contributed by atoms with Gasteiger partial charge in [-0.05, 0) is 60.7 Å². The monoisotopic (exact) mass is 472 g/mol. The van der Waals surface area contributed by atoms with Crippen LogP contribution in [0.5, 0.6) is 11.5 Å². The second kappa shape index (κ2) is 9.75. The van der Waals surface area contributed by atoms with Gasteiger partial charge < -0.3 is 22.0 Å². The second-order valence-corrected chi connectivity index (χ2v) is 9.73. The molecular formula is C24H17BF4OS2. The molecule has 0 amide bonds. The van der Waals surface area contributed by atoms with Crippen molar-refractivity contribution in [3.05, 3.63) is 103 Å². The van der Waals surface area contributed by atoms with E-state index in [1.807, 2.05) is 42.1 Å². The number of para-hydroxylation sites is 1. The Bertz CT molecular complexity index is 1130. The van der Waals surface area contributed by atoms with Crippen LogP contribution in [0.4, 0.5) is 17.3 Å². The lowest BCUT2D eigenvalue weighted by Crippen LogP contribution is -2.10. The van der Waals surface area contributed by atoms with E-state index in [1.165, 1.54) is 24.5 Å². The first-order chi connectivity index (χ1) is 15.4. The number of fused-ring (bicyclic) bond motifs is 2. The van der Waals surface area contributed by atoms with Crippen molar-refractivity contribution in [3.8, 4) is 11.5 Å². The number of hydrogen-bond donors (Lipinski definition) is 0. The van der Waals surface area contributed by atoms with Gasteiger partial charge >= 0.3 is 7.25 Å². The Balaban J connectivity index is 0.000000444. The van der Waals surface area contributed by atoms with Crippen LogP contribution in [0.25, 0.3) is 0 Å². The Morgan fingerprint density at radius 3 is 1.53 bits per heavy atom. The summed E-state index contributed by atoms with van der Waals surface area (Å²) in [7, 11) is -6.09. The summed E-state index contributed by atoms with van der Waals surface area (Å²) in [5, 5.41) is 0. The molecule has 1 aliphatic rings. The summed E-state index contributed by atoms with van der Waals surface area (Å²) in [6.07, 6.45) is 0. The number of hydrogen-bond acceptors (Lipinski definition) is 2. The first kappa shape index (κ1) is 22.4. The minimum atomic E-state index is -6.00. The first-order valence-electron chi connectivity index (χ1n) is 9.69. The van der Waals surface area contributed by atoms with Crippen LogP contribution in [0.2, 0.25) is 0 Å². The number of halogens is 4. The average molecular weight is 472 g/mol. The maximum Gasteiger partial charge on any atom is 0.673 e. The predicted molar refractivity (Wildman–Crippen MR) is 122 cm³/mol. The molecule has 0 spiro atoms. The molecule has 0 radical (unpaired) electrons. The summed E-state index contributed by atoms with van der Waals surface area (Å²) in [5.74, 6) is 1.72. The van der Waals surface area contributed by atoms with Crippen molar-refractivity contribution < 1.29 is 22.0 Å². The maximum absolute atomic E-state index is 9.75. The standard InChI is InChI=1S/C24H17OS2.BF4/c1-2-8-18(9-3-1)25-19-14-16-20(17-15-19)27-23-12-6-4-10-21(23)26-22-11-5-7-13-24(22)27;2-1(3,4)5/h1-17H;/q+1;-1. The van der Waals surface area contributed by atoms with Crippen LogP contribution in [0, 0.1) is 0 Å². The van der Waals surface area contributed by atoms with Crippen LogP contribution < -0.4 is 4.74 Å². The molecule has 4 aromatic rings. The molecule has 1 aliphatic heterocycles. The van der Waals surface area contributed by atoms with Gasteiger partial charge in [0.25, 0.3) is 0 Å². The molecule has 0 saturated heterocycles. The summed E-state index contributed by atoms with van der Waals surface area (Å²) in [6, 6.07) is 35.9. The predicted octanol–water partition coefficient (Wildman–Crippen LogP) is 8.34. The SMILES string of the molecule is F[B-](F)(F)F.c1ccc(Oc2ccc([S+]3c4ccccc4Sc4ccccc43)cc2)cc1. The molecule has 0 atom stereocenters. The highest BCUT2D eigenvalue weighted by atomic mass is 32.2. The number of benzene rings is 4. The highest BCUT2D eigenvalue weighted by Gasteiger charge is 2.37. The van der Waals surface area contributed by atoms with Gasteiger partial charge in [-0.15, -0.1) is 0 Å². The van der Waals surface area contributed by atoms with E-state index in [4.69, 9.17) is 4.74 Å². The van der Waals surface area contributed by atoms with E-state index in [0.29, 0.717) is 0 Å². The molecule has 162 valence electrons. The van der Waals surface area contributed by atoms with Gasteiger partial charge in [-0.25, -0.2) is 0 Å². The summed E-state index contributed by atoms with van der Waals surface area (Å²) in [4.78, 5) is 6.82. The van der Waals surface area contributed by atoms with Gasteiger partial charge in [-0.3, -0.25) is 0 Å². The Labute approximate surface area is 190 Å². The zero-order valence-electron chi connectivity index (χ0n) is 16.6. The van der Waals surface area contributed by atoms with Crippen molar-refractivity contribution in [2.75, 3.05) is 0 Å². The maximum atomic E-state index is 9.75. The lowest BCUT2D eigenvalue weighted by Gasteiger charge is -2.18. The summed E-state index contributed by atoms with van der Waals surface area (Å²) >= 11 is 1.87. The zero-order valence-corrected chi connectivity index (χ0v) is 18.3. The normalized spacial score (nSPS) is 12.8. The molecule has 0 N–H and O–H groups in total. The lowest BCUT2D eigenvalue weighted by molar-refractivity contribution is 0.368. The van der Waals surface area contributed by atoms with Crippen molar-refractivity contribution in [2.24, 2.45) is 0 Å². The molecule has 0 unspecified atom stereocenters. The quantitative estimate of drug-likeness (QED) is 0.148. The molecule has 4 aromatic carbocycles. The van der Waals surface area contributed by atoms with E-state index in [0.717, 1.165) is 11.5 Å². The summed E-state index contributed by atoms with van der Waals surface area (Å²) in [6.45, 7) is 0. The van der Waals surface area contributed by atoms with Crippen LogP contribution in [0.1, 0.15) is 0 Å². The summed E-state index contributed by atoms with van der Waals surface area (Å²) in [5.41, 5.74) is 0. The second-order valence-electron chi connectivity index (χ2n) is 6.68. The third-order valence-corrected chi connectivity index (χ3v) is 8.14. The van der Waals surface area contributed by atoms with Gasteiger partial charge in [-0.2, -0.15) is 0 Å². The van der Waals surface area contributed by atoms with Gasteiger partial charge in [0, 0.05) is 0 Å². The molecule has 0 aromatic heterocycles. The van der Waals surface area contributed by atoms with E-state index in [1.54, 1.807) is 0 Å². The average Bonchev–Trinajstić information content (AvgIpc) is 2.78. The fourth-order valence-electron chi connectivity index (χ4n) is 3.17. The molecule has 0 bridgehead atoms. The van der Waals surface area contributed by atoms with Crippen molar-refractivity contribution in [2.45, 2.75) is 24.5 Å². The van der Waals surface area contributed by atoms with Gasteiger partial charge in [0.2, 0.25) is 0 Å². The Morgan fingerprint density at radius 2 is 1.00 bits per heavy atom. The van der Waals surface area contributed by atoms with Gasteiger partial charge in [-0.1, -0.05) is 54.2 Å². The fraction of sp³-hybridized carbons (Fsp3) is 0. The zero-order chi connectivity index (χ0) is 22.6. The van der Waals surface area contributed by atoms with Crippen LogP contribution in [-0.2, 0) is 10.9 Å². The van der Waals surface area contributed by atoms with Crippen LogP contribution in [0.3, 0.4) is 0 Å². The molecule has 0 aliphatic carbocycles. The van der Waals surface area contributed by atoms with E-state index in [9.17, 15) is 17.3 Å². The molecule has 5 rings (SSSR count). The Hall–Kier alpha value is -2.84. The topological polar surface area (TPSA) is 9.23 Å². The fourth-order valence-corrected chi connectivity index (χ4v) is 6.90. The van der Waals surface area contributed by atoms with Crippen LogP contribution in [0.15, 0.2) is 128 Å². The third-order valence-electron chi connectivity index (χ3n) is 4.40. The lowest BCUT2D eigenvalue weighted by atomic mass is 10.3. The van der Waals surface area contributed by atoms with E-state index < -0.39 is 7.25 Å². The minimum absolute atomic E-state index is 0.0890. The Kier molecular flexibility index (Phi) is 6.81. The van der Waals surface area contributed by atoms with Crippen molar-refractivity contribution >= 4 is 29.9 Å². The summed E-state index contributed by atoms with van der Waals surface area (Å²) < 4.78 is 45.0. The van der Waals surface area contributed by atoms with Crippen molar-refractivity contribution in [1.82, 2.24) is 0 Å². The first-order valence-corrected chi connectivity index (χ1v) is 11.7.